The molecule has 0 aromatic rings. The quantitative estimate of drug-likeness (QED) is 0.619. The van der Waals surface area contributed by atoms with E-state index in [0.717, 1.165) is 6.42 Å². The first-order chi connectivity index (χ1) is 4.16. The van der Waals surface area contributed by atoms with Gasteiger partial charge in [0.2, 0.25) is 0 Å². The highest BCUT2D eigenvalue weighted by Crippen LogP contribution is 2.01. The zero-order chi connectivity index (χ0) is 7.28. The van der Waals surface area contributed by atoms with Crippen molar-refractivity contribution in [2.75, 3.05) is 0 Å². The Kier molecular flexibility index (Phi) is 4.62. The van der Waals surface area contributed by atoms with Gasteiger partial charge in [-0.05, 0) is 5.92 Å². The van der Waals surface area contributed by atoms with Crippen LogP contribution in [0.3, 0.4) is 0 Å². The first-order valence-corrected chi connectivity index (χ1v) is 4.11. The topological polar surface area (TPSA) is 37.3 Å². The fourth-order valence-electron chi connectivity index (χ4n) is 0.337. The van der Waals surface area contributed by atoms with E-state index in [-0.39, 0.29) is 0 Å². The Bertz CT molecular complexity index is 120. The lowest BCUT2D eigenvalue weighted by Gasteiger charge is -1.96. The van der Waals surface area contributed by atoms with E-state index in [2.05, 4.69) is 0 Å². The van der Waals surface area contributed by atoms with Gasteiger partial charge in [-0.1, -0.05) is 26.3 Å². The van der Waals surface area contributed by atoms with Crippen LogP contribution in [0.1, 0.15) is 20.3 Å². The molecule has 54 valence electrons. The molecule has 0 rings (SSSR count). The van der Waals surface area contributed by atoms with Crippen molar-refractivity contribution in [3.05, 3.63) is 11.5 Å². The van der Waals surface area contributed by atoms with Gasteiger partial charge >= 0.3 is 0 Å². The van der Waals surface area contributed by atoms with Gasteiger partial charge in [-0.15, -0.1) is 0 Å². The van der Waals surface area contributed by atoms with Gasteiger partial charge in [-0.2, -0.15) is 0 Å². The predicted molar refractivity (Wildman–Crippen MR) is 39.4 cm³/mol. The molecule has 2 atom stereocenters. The van der Waals surface area contributed by atoms with Crippen LogP contribution < -0.4 is 0 Å². The molecule has 2 unspecified atom stereocenters. The molecule has 1 N–H and O–H groups in total. The summed E-state index contributed by atoms with van der Waals surface area (Å²) in [5.74, 6) is 0.404. The summed E-state index contributed by atoms with van der Waals surface area (Å²) >= 11 is -1.77. The molecule has 0 fully saturated rings. The molecule has 0 radical (unpaired) electrons. The Morgan fingerprint density at radius 2 is 2.33 bits per heavy atom. The predicted octanol–water partition coefficient (Wildman–Crippen LogP) is 1.77. The van der Waals surface area contributed by atoms with Crippen molar-refractivity contribution in [2.24, 2.45) is 5.92 Å². The first-order valence-electron chi connectivity index (χ1n) is 2.94. The monoisotopic (exact) mass is 148 g/mol. The molecule has 0 aliphatic heterocycles. The lowest BCUT2D eigenvalue weighted by atomic mass is 10.1. The molecule has 3 heteroatoms. The average molecular weight is 148 g/mol. The maximum absolute atomic E-state index is 10.0. The SMILES string of the molecule is CCC(C)C=CS(=O)O. The molecule has 0 heterocycles. The van der Waals surface area contributed by atoms with Gasteiger partial charge < -0.3 is 4.55 Å². The minimum absolute atomic E-state index is 0.404. The van der Waals surface area contributed by atoms with E-state index in [4.69, 9.17) is 4.55 Å². The zero-order valence-corrected chi connectivity index (χ0v) is 6.52. The van der Waals surface area contributed by atoms with Gasteiger partial charge in [0.15, 0.2) is 11.1 Å². The Labute approximate surface area is 58.3 Å². The zero-order valence-electron chi connectivity index (χ0n) is 5.70. The van der Waals surface area contributed by atoms with Crippen LogP contribution in [0.5, 0.6) is 0 Å². The summed E-state index contributed by atoms with van der Waals surface area (Å²) in [7, 11) is 0. The van der Waals surface area contributed by atoms with Crippen LogP contribution in [0.2, 0.25) is 0 Å². The van der Waals surface area contributed by atoms with Gasteiger partial charge in [0.1, 0.15) is 0 Å². The second-order valence-electron chi connectivity index (χ2n) is 1.99. The van der Waals surface area contributed by atoms with Crippen molar-refractivity contribution in [2.45, 2.75) is 20.3 Å². The van der Waals surface area contributed by atoms with Gasteiger partial charge in [-0.25, -0.2) is 4.21 Å². The Morgan fingerprint density at radius 3 is 2.67 bits per heavy atom. The summed E-state index contributed by atoms with van der Waals surface area (Å²) in [6.45, 7) is 4.04. The molecular formula is C6H12O2S. The van der Waals surface area contributed by atoms with E-state index < -0.39 is 11.1 Å². The molecule has 0 amide bonds. The smallest absolute Gasteiger partial charge is 0.178 e. The molecule has 9 heavy (non-hydrogen) atoms. The van der Waals surface area contributed by atoms with Crippen LogP contribution in [0.25, 0.3) is 0 Å². The van der Waals surface area contributed by atoms with Crippen molar-refractivity contribution < 1.29 is 8.76 Å². The van der Waals surface area contributed by atoms with Crippen molar-refractivity contribution in [1.82, 2.24) is 0 Å². The van der Waals surface area contributed by atoms with Crippen molar-refractivity contribution in [3.63, 3.8) is 0 Å². The van der Waals surface area contributed by atoms with Gasteiger partial charge in [0, 0.05) is 5.41 Å². The van der Waals surface area contributed by atoms with E-state index >= 15 is 0 Å². The minimum Gasteiger partial charge on any atom is -0.303 e. The molecule has 0 aliphatic rings. The Hall–Kier alpha value is -0.150. The van der Waals surface area contributed by atoms with Crippen molar-refractivity contribution in [3.8, 4) is 0 Å². The maximum Gasteiger partial charge on any atom is 0.178 e. The average Bonchev–Trinajstić information content (AvgIpc) is 1.83. The summed E-state index contributed by atoms with van der Waals surface area (Å²) < 4.78 is 18.3. The summed E-state index contributed by atoms with van der Waals surface area (Å²) in [6, 6.07) is 0. The van der Waals surface area contributed by atoms with Crippen LogP contribution in [-0.2, 0) is 11.1 Å². The van der Waals surface area contributed by atoms with Crippen LogP contribution in [0.15, 0.2) is 11.5 Å². The molecule has 0 saturated heterocycles. The maximum atomic E-state index is 10.0. The fraction of sp³-hybridized carbons (Fsp3) is 0.667. The van der Waals surface area contributed by atoms with Crippen LogP contribution >= 0.6 is 0 Å². The highest BCUT2D eigenvalue weighted by Gasteiger charge is 1.90. The number of hydrogen-bond acceptors (Lipinski definition) is 1. The molecule has 0 aromatic carbocycles. The molecule has 0 saturated carbocycles. The largest absolute Gasteiger partial charge is 0.303 e. The third kappa shape index (κ3) is 5.73. The lowest BCUT2D eigenvalue weighted by molar-refractivity contribution is 0.573. The second-order valence-corrected chi connectivity index (χ2v) is 2.81. The third-order valence-electron chi connectivity index (χ3n) is 1.17. The Balaban J connectivity index is 3.56. The molecule has 0 aliphatic carbocycles. The Morgan fingerprint density at radius 1 is 1.78 bits per heavy atom. The van der Waals surface area contributed by atoms with E-state index in [9.17, 15) is 4.21 Å². The van der Waals surface area contributed by atoms with Gasteiger partial charge in [-0.3, -0.25) is 0 Å². The van der Waals surface area contributed by atoms with Gasteiger partial charge in [0.25, 0.3) is 0 Å². The number of allylic oxidation sites excluding steroid dienone is 1. The van der Waals surface area contributed by atoms with E-state index in [1.807, 2.05) is 13.8 Å². The summed E-state index contributed by atoms with van der Waals surface area (Å²) in [5.41, 5.74) is 0. The number of rotatable bonds is 3. The fourth-order valence-corrected chi connectivity index (χ4v) is 0.740. The standard InChI is InChI=1S/C6H12O2S/c1-3-6(2)4-5-9(7)8/h4-6H,3H2,1-2H3,(H,7,8). The number of hydrogen-bond donors (Lipinski definition) is 1. The van der Waals surface area contributed by atoms with E-state index in [1.54, 1.807) is 6.08 Å². The van der Waals surface area contributed by atoms with Crippen LogP contribution in [-0.4, -0.2) is 8.76 Å². The second kappa shape index (κ2) is 4.70. The molecule has 0 bridgehead atoms. The normalized spacial score (nSPS) is 18.1. The van der Waals surface area contributed by atoms with Gasteiger partial charge in [0.05, 0.1) is 0 Å². The summed E-state index contributed by atoms with van der Waals surface area (Å²) in [6.07, 6.45) is 2.75. The summed E-state index contributed by atoms with van der Waals surface area (Å²) in [4.78, 5) is 0. The highest BCUT2D eigenvalue weighted by molar-refractivity contribution is 7.82. The van der Waals surface area contributed by atoms with Crippen molar-refractivity contribution >= 4 is 11.1 Å². The van der Waals surface area contributed by atoms with Crippen LogP contribution in [0.4, 0.5) is 0 Å². The van der Waals surface area contributed by atoms with E-state index in [0.29, 0.717) is 5.92 Å². The third-order valence-corrected chi connectivity index (χ3v) is 1.56. The van der Waals surface area contributed by atoms with E-state index in [1.165, 1.54) is 5.41 Å². The molecule has 0 aromatic heterocycles. The first kappa shape index (κ1) is 8.85. The molecule has 2 nitrogen and oxygen atoms in total. The van der Waals surface area contributed by atoms with Crippen LogP contribution in [0, 0.1) is 5.92 Å². The summed E-state index contributed by atoms with van der Waals surface area (Å²) in [5, 5.41) is 1.30. The lowest BCUT2D eigenvalue weighted by Crippen LogP contribution is -1.86. The molecular weight excluding hydrogens is 136 g/mol. The highest BCUT2D eigenvalue weighted by atomic mass is 32.2. The molecule has 0 spiro atoms. The van der Waals surface area contributed by atoms with Crippen molar-refractivity contribution in [1.29, 1.82) is 0 Å². The minimum atomic E-state index is -1.77.